The molecule has 1 rings (SSSR count). The summed E-state index contributed by atoms with van der Waals surface area (Å²) in [5, 5.41) is 31.6. The lowest BCUT2D eigenvalue weighted by Gasteiger charge is -2.40. The second kappa shape index (κ2) is 55.2. The van der Waals surface area contributed by atoms with Crippen molar-refractivity contribution in [2.45, 2.75) is 340 Å². The van der Waals surface area contributed by atoms with E-state index in [-0.39, 0.29) is 25.9 Å². The summed E-state index contributed by atoms with van der Waals surface area (Å²) in [7, 11) is 0. The van der Waals surface area contributed by atoms with Crippen molar-refractivity contribution in [2.75, 3.05) is 13.2 Å². The second-order valence-corrected chi connectivity index (χ2v) is 22.4. The zero-order chi connectivity index (χ0) is 57.5. The largest absolute Gasteiger partial charge is 0.479 e. The van der Waals surface area contributed by atoms with Gasteiger partial charge in [-0.05, 0) is 83.5 Å². The first-order chi connectivity index (χ1) is 38.6. The van der Waals surface area contributed by atoms with Gasteiger partial charge in [0.15, 0.2) is 24.6 Å². The number of aliphatic hydroxyl groups is 2. The highest BCUT2D eigenvalue weighted by atomic mass is 16.7. The molecule has 1 saturated heterocycles. The standard InChI is InChI=1S/C67H118O12/c1-4-7-10-13-16-19-22-25-28-29-30-31-34-35-38-41-44-47-50-53-59(68)75-56-58(77-60(69)54-51-48-45-42-39-36-32-26-23-20-17-14-11-8-5-2)57-76-67-65(63(72)62(71)64(79-67)66(73)74)78-61(70)55-52-49-46-43-40-37-33-27-24-21-18-15-12-9-6-3/h16,19,25,27-28,30-31,33,58,62-65,67,71-72H,4-15,17-18,20-24,26,29,32,34-57H2,1-3H3,(H,73,74)/b19-16-,28-25-,31-30-,33-27-. The molecule has 0 radical (unpaired) electrons. The highest BCUT2D eigenvalue weighted by Gasteiger charge is 2.50. The Morgan fingerprint density at radius 3 is 1.19 bits per heavy atom. The highest BCUT2D eigenvalue weighted by molar-refractivity contribution is 5.74. The maximum absolute atomic E-state index is 13.2. The Balaban J connectivity index is 2.66. The van der Waals surface area contributed by atoms with E-state index in [1.165, 1.54) is 135 Å². The third-order valence-electron chi connectivity index (χ3n) is 14.9. The number of allylic oxidation sites excluding steroid dienone is 8. The van der Waals surface area contributed by atoms with E-state index in [2.05, 4.69) is 69.4 Å². The Hall–Kier alpha value is -3.32. The SMILES string of the molecule is CCCCC/C=C\C/C=C\C/C=C\CCCCCCCCC(=O)OCC(COC1OC(C(=O)O)C(O)C(O)C1OC(=O)CCCCCCC/C=C\CCCCCCCC)OC(=O)CCCCCCCCCCCCCCCCC. The van der Waals surface area contributed by atoms with Gasteiger partial charge in [0.1, 0.15) is 18.8 Å². The molecule has 1 aliphatic heterocycles. The molecule has 0 aromatic rings. The number of ether oxygens (including phenoxy) is 5. The van der Waals surface area contributed by atoms with E-state index < -0.39 is 67.3 Å². The molecule has 0 aromatic carbocycles. The molecule has 1 aliphatic rings. The topological polar surface area (TPSA) is 175 Å². The van der Waals surface area contributed by atoms with Crippen LogP contribution in [0.5, 0.6) is 0 Å². The molecule has 0 aliphatic carbocycles. The number of carboxylic acids is 1. The van der Waals surface area contributed by atoms with Crippen LogP contribution in [0.3, 0.4) is 0 Å². The van der Waals surface area contributed by atoms with Gasteiger partial charge in [-0.2, -0.15) is 0 Å². The van der Waals surface area contributed by atoms with Crippen LogP contribution in [0.2, 0.25) is 0 Å². The Kier molecular flexibility index (Phi) is 51.5. The number of aliphatic carboxylic acids is 1. The zero-order valence-corrected chi connectivity index (χ0v) is 50.6. The number of carbonyl (C=O) groups is 4. The van der Waals surface area contributed by atoms with Gasteiger partial charge >= 0.3 is 23.9 Å². The number of unbranched alkanes of at least 4 members (excludes halogenated alkanes) is 34. The zero-order valence-electron chi connectivity index (χ0n) is 50.6. The number of hydrogen-bond acceptors (Lipinski definition) is 11. The maximum atomic E-state index is 13.2. The molecule has 6 unspecified atom stereocenters. The average molecular weight is 1120 g/mol. The Morgan fingerprint density at radius 1 is 0.418 bits per heavy atom. The highest BCUT2D eigenvalue weighted by Crippen LogP contribution is 2.27. The first kappa shape index (κ1) is 73.7. The van der Waals surface area contributed by atoms with Crippen molar-refractivity contribution in [3.8, 4) is 0 Å². The van der Waals surface area contributed by atoms with Gasteiger partial charge in [0.25, 0.3) is 0 Å². The second-order valence-electron chi connectivity index (χ2n) is 22.4. The molecule has 0 saturated carbocycles. The normalized spacial score (nSPS) is 18.1. The van der Waals surface area contributed by atoms with Crippen molar-refractivity contribution in [1.82, 2.24) is 0 Å². The van der Waals surface area contributed by atoms with Gasteiger partial charge in [0.2, 0.25) is 0 Å². The van der Waals surface area contributed by atoms with E-state index in [0.29, 0.717) is 19.3 Å². The quantitative estimate of drug-likeness (QED) is 0.0228. The van der Waals surface area contributed by atoms with Crippen molar-refractivity contribution in [1.29, 1.82) is 0 Å². The number of rotatable bonds is 56. The van der Waals surface area contributed by atoms with Crippen LogP contribution in [0.4, 0.5) is 0 Å². The summed E-state index contributed by atoms with van der Waals surface area (Å²) in [5.74, 6) is -3.12. The van der Waals surface area contributed by atoms with E-state index in [1.807, 2.05) is 0 Å². The summed E-state index contributed by atoms with van der Waals surface area (Å²) >= 11 is 0. The third-order valence-corrected chi connectivity index (χ3v) is 14.9. The summed E-state index contributed by atoms with van der Waals surface area (Å²) in [6.45, 7) is 5.99. The Morgan fingerprint density at radius 2 is 0.759 bits per heavy atom. The molecule has 0 aromatic heterocycles. The summed E-state index contributed by atoms with van der Waals surface area (Å²) < 4.78 is 28.5. The lowest BCUT2D eigenvalue weighted by molar-refractivity contribution is -0.301. The number of carbonyl (C=O) groups excluding carboxylic acids is 3. The predicted octanol–water partition coefficient (Wildman–Crippen LogP) is 17.3. The number of esters is 3. The Labute approximate surface area is 482 Å². The predicted molar refractivity (Wildman–Crippen MR) is 322 cm³/mol. The smallest absolute Gasteiger partial charge is 0.335 e. The van der Waals surface area contributed by atoms with Crippen LogP contribution in [0.25, 0.3) is 0 Å². The van der Waals surface area contributed by atoms with Gasteiger partial charge in [-0.3, -0.25) is 14.4 Å². The van der Waals surface area contributed by atoms with Gasteiger partial charge < -0.3 is 39.0 Å². The summed E-state index contributed by atoms with van der Waals surface area (Å²) in [5.41, 5.74) is 0. The number of carboxylic acid groups (broad SMARTS) is 1. The first-order valence-electron chi connectivity index (χ1n) is 32.6. The summed E-state index contributed by atoms with van der Waals surface area (Å²) in [4.78, 5) is 51.3. The van der Waals surface area contributed by atoms with E-state index in [9.17, 15) is 34.5 Å². The van der Waals surface area contributed by atoms with Gasteiger partial charge in [-0.1, -0.05) is 249 Å². The molecule has 1 fully saturated rings. The molecule has 12 heteroatoms. The molecule has 0 spiro atoms. The molecule has 12 nitrogen and oxygen atoms in total. The minimum atomic E-state index is -1.91. The molecule has 79 heavy (non-hydrogen) atoms. The summed E-state index contributed by atoms with van der Waals surface area (Å²) in [6, 6.07) is 0. The van der Waals surface area contributed by atoms with Gasteiger partial charge in [-0.25, -0.2) is 4.79 Å². The average Bonchev–Trinajstić information content (AvgIpc) is 3.46. The van der Waals surface area contributed by atoms with Gasteiger partial charge in [-0.15, -0.1) is 0 Å². The monoisotopic (exact) mass is 1110 g/mol. The fourth-order valence-corrected chi connectivity index (χ4v) is 9.84. The minimum Gasteiger partial charge on any atom is -0.479 e. The molecule has 1 heterocycles. The minimum absolute atomic E-state index is 0.0515. The number of hydrogen-bond donors (Lipinski definition) is 3. The molecule has 0 bridgehead atoms. The third kappa shape index (κ3) is 45.0. The van der Waals surface area contributed by atoms with Crippen LogP contribution >= 0.6 is 0 Å². The van der Waals surface area contributed by atoms with Crippen LogP contribution in [0.1, 0.15) is 303 Å². The molecule has 3 N–H and O–H groups in total. The molecule has 6 atom stereocenters. The van der Waals surface area contributed by atoms with Crippen LogP contribution in [0, 0.1) is 0 Å². The lowest BCUT2D eigenvalue weighted by atomic mass is 9.98. The van der Waals surface area contributed by atoms with Crippen molar-refractivity contribution in [3.05, 3.63) is 48.6 Å². The maximum Gasteiger partial charge on any atom is 0.335 e. The van der Waals surface area contributed by atoms with Crippen molar-refractivity contribution < 1.29 is 58.2 Å². The molecular weight excluding hydrogens is 997 g/mol. The molecule has 458 valence electrons. The Bertz CT molecular complexity index is 1560. The number of aliphatic hydroxyl groups excluding tert-OH is 2. The van der Waals surface area contributed by atoms with E-state index in [4.69, 9.17) is 23.7 Å². The first-order valence-corrected chi connectivity index (χ1v) is 32.6. The van der Waals surface area contributed by atoms with Gasteiger partial charge in [0.05, 0.1) is 6.61 Å². The lowest BCUT2D eigenvalue weighted by Crippen LogP contribution is -2.61. The fraction of sp³-hybridized carbons (Fsp3) is 0.821. The van der Waals surface area contributed by atoms with E-state index in [0.717, 1.165) is 109 Å². The van der Waals surface area contributed by atoms with Crippen LogP contribution in [-0.4, -0.2) is 89.2 Å². The molecule has 0 amide bonds. The van der Waals surface area contributed by atoms with Crippen molar-refractivity contribution >= 4 is 23.9 Å². The molecular formula is C67H118O12. The van der Waals surface area contributed by atoms with E-state index in [1.54, 1.807) is 0 Å². The van der Waals surface area contributed by atoms with E-state index >= 15 is 0 Å². The van der Waals surface area contributed by atoms with Crippen LogP contribution in [-0.2, 0) is 42.9 Å². The fourth-order valence-electron chi connectivity index (χ4n) is 9.84. The van der Waals surface area contributed by atoms with Crippen molar-refractivity contribution in [2.24, 2.45) is 0 Å². The van der Waals surface area contributed by atoms with Crippen LogP contribution < -0.4 is 0 Å². The summed E-state index contributed by atoms with van der Waals surface area (Å²) in [6.07, 6.45) is 54.9. The van der Waals surface area contributed by atoms with Crippen LogP contribution in [0.15, 0.2) is 48.6 Å². The van der Waals surface area contributed by atoms with Crippen molar-refractivity contribution in [3.63, 3.8) is 0 Å². The van der Waals surface area contributed by atoms with Gasteiger partial charge in [0, 0.05) is 19.3 Å².